The molecule has 1 amide bonds. The number of amides is 1. The predicted molar refractivity (Wildman–Crippen MR) is 138 cm³/mol. The average Bonchev–Trinajstić information content (AvgIpc) is 2.80. The van der Waals surface area contributed by atoms with Gasteiger partial charge in [-0.15, -0.1) is 0 Å². The molecule has 1 aliphatic carbocycles. The zero-order chi connectivity index (χ0) is 25.0. The zero-order valence-corrected chi connectivity index (χ0v) is 21.9. The third-order valence-electron chi connectivity index (χ3n) is 6.94. The van der Waals surface area contributed by atoms with Crippen LogP contribution in [0.25, 0.3) is 0 Å². The molecule has 1 aliphatic rings. The summed E-state index contributed by atoms with van der Waals surface area (Å²) in [6.07, 6.45) is 4.54. The van der Waals surface area contributed by atoms with Crippen molar-refractivity contribution in [2.24, 2.45) is 0 Å². The van der Waals surface area contributed by atoms with Gasteiger partial charge in [-0.3, -0.25) is 9.59 Å². The molecule has 1 aromatic carbocycles. The van der Waals surface area contributed by atoms with Gasteiger partial charge < -0.3 is 24.8 Å². The lowest BCUT2D eigenvalue weighted by Gasteiger charge is -2.40. The van der Waals surface area contributed by atoms with Crippen LogP contribution in [0.4, 0.5) is 5.69 Å². The third-order valence-corrected chi connectivity index (χ3v) is 7.15. The molecular formula is C26H37ClN4O3. The van der Waals surface area contributed by atoms with Gasteiger partial charge >= 0.3 is 0 Å². The van der Waals surface area contributed by atoms with Crippen LogP contribution in [0.2, 0.25) is 5.02 Å². The fourth-order valence-corrected chi connectivity index (χ4v) is 5.21. The molecule has 186 valence electrons. The first-order valence-corrected chi connectivity index (χ1v) is 12.3. The third kappa shape index (κ3) is 5.76. The van der Waals surface area contributed by atoms with Gasteiger partial charge in [0, 0.05) is 46.7 Å². The number of methoxy groups -OCH3 is 1. The highest BCUT2D eigenvalue weighted by Gasteiger charge is 2.28. The molecule has 0 radical (unpaired) electrons. The molecule has 0 bridgehead atoms. The zero-order valence-electron chi connectivity index (χ0n) is 21.1. The van der Waals surface area contributed by atoms with Crippen LogP contribution in [0.3, 0.4) is 0 Å². The Morgan fingerprint density at radius 2 is 1.79 bits per heavy atom. The van der Waals surface area contributed by atoms with Crippen LogP contribution in [0.1, 0.15) is 59.8 Å². The topological polar surface area (TPSA) is 77.7 Å². The summed E-state index contributed by atoms with van der Waals surface area (Å²) in [5, 5.41) is 3.40. The van der Waals surface area contributed by atoms with Gasteiger partial charge in [0.05, 0.1) is 19.2 Å². The van der Waals surface area contributed by atoms with Gasteiger partial charge in [-0.2, -0.15) is 0 Å². The Morgan fingerprint density at radius 3 is 2.38 bits per heavy atom. The quantitative estimate of drug-likeness (QED) is 0.579. The van der Waals surface area contributed by atoms with Crippen LogP contribution in [0.15, 0.2) is 23.0 Å². The minimum atomic E-state index is -0.268. The second kappa shape index (κ2) is 11.3. The number of anilines is 1. The molecule has 1 heterocycles. The Morgan fingerprint density at radius 1 is 1.15 bits per heavy atom. The molecule has 0 atom stereocenters. The number of hydrogen-bond donors (Lipinski definition) is 2. The van der Waals surface area contributed by atoms with Crippen LogP contribution in [-0.2, 0) is 6.54 Å². The highest BCUT2D eigenvalue weighted by molar-refractivity contribution is 6.31. The summed E-state index contributed by atoms with van der Waals surface area (Å²) in [7, 11) is 5.79. The Kier molecular flexibility index (Phi) is 8.66. The highest BCUT2D eigenvalue weighted by Crippen LogP contribution is 2.34. The standard InChI is InChI=1S/C26H37ClN4O3/c1-7-31(20-10-8-19(9-11-20)30(4)5)23-14-18(27)13-21(17(23)3)25(33)28-15-22-24(32)12-16(2)29-26(22)34-6/h12-14,19-20H,7-11,15H2,1-6H3,(H,28,33)(H,29,32)/t19-,20-. The van der Waals surface area contributed by atoms with E-state index in [0.717, 1.165) is 43.5 Å². The van der Waals surface area contributed by atoms with Gasteiger partial charge in [-0.05, 0) is 78.2 Å². The molecule has 8 heteroatoms. The van der Waals surface area contributed by atoms with E-state index in [-0.39, 0.29) is 17.9 Å². The number of benzene rings is 1. The number of aryl methyl sites for hydroxylation is 1. The largest absolute Gasteiger partial charge is 0.482 e. The van der Waals surface area contributed by atoms with Crippen molar-refractivity contribution in [2.45, 2.75) is 65.1 Å². The second-order valence-corrected chi connectivity index (χ2v) is 9.76. The first-order chi connectivity index (χ1) is 16.2. The Balaban J connectivity index is 1.82. The lowest BCUT2D eigenvalue weighted by atomic mass is 9.89. The maximum Gasteiger partial charge on any atom is 0.251 e. The van der Waals surface area contributed by atoms with Gasteiger partial charge in [0.15, 0.2) is 11.3 Å². The highest BCUT2D eigenvalue weighted by atomic mass is 35.5. The van der Waals surface area contributed by atoms with Gasteiger partial charge in [-0.1, -0.05) is 11.6 Å². The number of aromatic nitrogens is 1. The first-order valence-electron chi connectivity index (χ1n) is 11.9. The normalized spacial score (nSPS) is 18.1. The predicted octanol–water partition coefficient (Wildman–Crippen LogP) is 4.28. The number of ether oxygens (including phenoxy) is 1. The molecule has 2 aromatic rings. The molecule has 2 N–H and O–H groups in total. The van der Waals surface area contributed by atoms with Crippen molar-refractivity contribution in [1.29, 1.82) is 0 Å². The van der Waals surface area contributed by atoms with Crippen molar-refractivity contribution in [3.63, 3.8) is 0 Å². The number of carbonyl (C=O) groups excluding carboxylic acids is 1. The van der Waals surface area contributed by atoms with Gasteiger partial charge in [0.25, 0.3) is 5.91 Å². The fourth-order valence-electron chi connectivity index (χ4n) is 5.00. The molecule has 0 spiro atoms. The van der Waals surface area contributed by atoms with E-state index < -0.39 is 0 Å². The van der Waals surface area contributed by atoms with Crippen LogP contribution in [0.5, 0.6) is 5.88 Å². The summed E-state index contributed by atoms with van der Waals surface area (Å²) in [4.78, 5) is 33.3. The van der Waals surface area contributed by atoms with E-state index in [2.05, 4.69) is 41.1 Å². The van der Waals surface area contributed by atoms with Gasteiger partial charge in [0.1, 0.15) is 0 Å². The Labute approximate surface area is 207 Å². The minimum Gasteiger partial charge on any atom is -0.482 e. The van der Waals surface area contributed by atoms with E-state index in [1.54, 1.807) is 13.0 Å². The van der Waals surface area contributed by atoms with Crippen molar-refractivity contribution in [3.8, 4) is 5.88 Å². The number of carbonyl (C=O) groups is 1. The van der Waals surface area contributed by atoms with Crippen LogP contribution in [0, 0.1) is 13.8 Å². The van der Waals surface area contributed by atoms with E-state index in [4.69, 9.17) is 16.3 Å². The number of pyridine rings is 1. The van der Waals surface area contributed by atoms with Crippen molar-refractivity contribution >= 4 is 23.2 Å². The fraction of sp³-hybridized carbons (Fsp3) is 0.538. The molecule has 0 aliphatic heterocycles. The van der Waals surface area contributed by atoms with Crippen LogP contribution >= 0.6 is 11.6 Å². The van der Waals surface area contributed by atoms with E-state index in [0.29, 0.717) is 39.8 Å². The van der Waals surface area contributed by atoms with Crippen molar-refractivity contribution in [3.05, 3.63) is 55.8 Å². The molecular weight excluding hydrogens is 452 g/mol. The number of rotatable bonds is 8. The summed E-state index contributed by atoms with van der Waals surface area (Å²) in [6.45, 7) is 6.80. The van der Waals surface area contributed by atoms with E-state index in [9.17, 15) is 9.59 Å². The van der Waals surface area contributed by atoms with Gasteiger partial charge in [0.2, 0.25) is 0 Å². The number of nitrogens with zero attached hydrogens (tertiary/aromatic N) is 2. The first kappa shape index (κ1) is 26.1. The van der Waals surface area contributed by atoms with E-state index in [1.165, 1.54) is 13.2 Å². The molecule has 1 saturated carbocycles. The molecule has 1 fully saturated rings. The summed E-state index contributed by atoms with van der Waals surface area (Å²) >= 11 is 6.49. The maximum absolute atomic E-state index is 13.2. The minimum absolute atomic E-state index is 0.0605. The van der Waals surface area contributed by atoms with Crippen LogP contribution < -0.4 is 20.4 Å². The second-order valence-electron chi connectivity index (χ2n) is 9.32. The lowest BCUT2D eigenvalue weighted by Crippen LogP contribution is -2.42. The van der Waals surface area contributed by atoms with Gasteiger partial charge in [-0.25, -0.2) is 0 Å². The summed E-state index contributed by atoms with van der Waals surface area (Å²) in [5.41, 5.74) is 3.32. The molecule has 3 rings (SSSR count). The average molecular weight is 489 g/mol. The smallest absolute Gasteiger partial charge is 0.251 e. The number of halogens is 1. The molecule has 0 unspecified atom stereocenters. The Bertz CT molecular complexity index is 1070. The van der Waals surface area contributed by atoms with E-state index >= 15 is 0 Å². The number of aromatic amines is 1. The number of hydrogen-bond acceptors (Lipinski definition) is 5. The lowest BCUT2D eigenvalue weighted by molar-refractivity contribution is 0.0950. The number of H-pyrrole nitrogens is 1. The molecule has 7 nitrogen and oxygen atoms in total. The maximum atomic E-state index is 13.2. The Hall–Kier alpha value is -2.51. The van der Waals surface area contributed by atoms with Crippen molar-refractivity contribution < 1.29 is 9.53 Å². The summed E-state index contributed by atoms with van der Waals surface area (Å²) in [5.74, 6) is 0.0925. The monoisotopic (exact) mass is 488 g/mol. The van der Waals surface area contributed by atoms with Crippen LogP contribution in [-0.4, -0.2) is 55.6 Å². The summed E-state index contributed by atoms with van der Waals surface area (Å²) in [6, 6.07) is 6.20. The SMILES string of the molecule is CCN(c1cc(Cl)cc(C(=O)NCc2c(OC)[nH]c(C)cc2=O)c1C)[C@H]1CC[C@H](N(C)C)CC1. The van der Waals surface area contributed by atoms with E-state index in [1.807, 2.05) is 13.0 Å². The molecule has 0 saturated heterocycles. The van der Waals surface area contributed by atoms with Crippen molar-refractivity contribution in [1.82, 2.24) is 15.2 Å². The summed E-state index contributed by atoms with van der Waals surface area (Å²) < 4.78 is 5.30. The molecule has 1 aromatic heterocycles. The number of nitrogens with one attached hydrogen (secondary N) is 2. The molecule has 34 heavy (non-hydrogen) atoms. The van der Waals surface area contributed by atoms with Crippen molar-refractivity contribution in [2.75, 3.05) is 32.6 Å².